The molecule has 1 heterocycles. The van der Waals surface area contributed by atoms with Crippen LogP contribution in [0.2, 0.25) is 0 Å². The summed E-state index contributed by atoms with van der Waals surface area (Å²) in [6.45, 7) is 2.56. The molecule has 1 aliphatic heterocycles. The van der Waals surface area contributed by atoms with Gasteiger partial charge in [0.05, 0.1) is 21.3 Å². The van der Waals surface area contributed by atoms with Gasteiger partial charge in [-0.2, -0.15) is 0 Å². The zero-order valence-electron chi connectivity index (χ0n) is 14.5. The van der Waals surface area contributed by atoms with Crippen LogP contribution >= 0.6 is 0 Å². The molecule has 2 N–H and O–H groups in total. The smallest absolute Gasteiger partial charge is 0.253 e. The van der Waals surface area contributed by atoms with Crippen molar-refractivity contribution >= 4 is 17.1 Å². The Morgan fingerprint density at radius 2 is 1.36 bits per heavy atom. The van der Waals surface area contributed by atoms with Gasteiger partial charge < -0.3 is 29.7 Å². The first-order chi connectivity index (χ1) is 12.0. The summed E-state index contributed by atoms with van der Waals surface area (Å²) in [6, 6.07) is 3.78. The van der Waals surface area contributed by atoms with Gasteiger partial charge in [0, 0.05) is 44.0 Å². The van der Waals surface area contributed by atoms with Gasteiger partial charge in [0.1, 0.15) is 11.4 Å². The number of methoxy groups -OCH3 is 3. The highest BCUT2D eigenvalue weighted by Crippen LogP contribution is 2.41. The molecule has 1 saturated heterocycles. The first kappa shape index (κ1) is 16.9. The van der Waals surface area contributed by atoms with Gasteiger partial charge in [-0.25, -0.2) is 0 Å². The van der Waals surface area contributed by atoms with E-state index in [1.54, 1.807) is 21.3 Å². The summed E-state index contributed by atoms with van der Waals surface area (Å²) in [5, 5.41) is 0. The van der Waals surface area contributed by atoms with Gasteiger partial charge in [-0.15, -0.1) is 0 Å². The number of piperazine rings is 1. The molecule has 0 atom stereocenters. The van der Waals surface area contributed by atoms with Gasteiger partial charge >= 0.3 is 0 Å². The highest BCUT2D eigenvalue weighted by atomic mass is 16.5. The number of nitrogens with two attached hydrogens (primary N) is 1. The quantitative estimate of drug-likeness (QED) is 0.768. The van der Waals surface area contributed by atoms with Crippen molar-refractivity contribution in [3.8, 4) is 17.2 Å². The van der Waals surface area contributed by atoms with E-state index in [0.29, 0.717) is 49.1 Å². The van der Waals surface area contributed by atoms with E-state index in [1.807, 2.05) is 17.0 Å². The van der Waals surface area contributed by atoms with Crippen molar-refractivity contribution in [2.75, 3.05) is 63.0 Å². The van der Waals surface area contributed by atoms with Crippen LogP contribution < -0.4 is 40.6 Å². The molecule has 0 saturated carbocycles. The molecule has 0 spiro atoms. The summed E-state index contributed by atoms with van der Waals surface area (Å²) in [4.78, 5) is 27.0. The van der Waals surface area contributed by atoms with Crippen molar-refractivity contribution < 1.29 is 14.2 Å². The van der Waals surface area contributed by atoms with Crippen LogP contribution in [0, 0.1) is 0 Å². The van der Waals surface area contributed by atoms with Crippen LogP contribution in [0.5, 0.6) is 17.2 Å². The number of rotatable bonds is 5. The zero-order chi connectivity index (χ0) is 18.1. The lowest BCUT2D eigenvalue weighted by molar-refractivity contribution is 0.324. The number of hydrogen-bond acceptors (Lipinski definition) is 8. The second-order valence-electron chi connectivity index (χ2n) is 5.78. The van der Waals surface area contributed by atoms with Gasteiger partial charge in [-0.05, 0) is 0 Å². The van der Waals surface area contributed by atoms with Crippen molar-refractivity contribution in [3.05, 3.63) is 32.6 Å². The molecule has 0 bridgehead atoms. The Bertz CT molecular complexity index is 823. The Morgan fingerprint density at radius 1 is 0.840 bits per heavy atom. The number of nitrogens with zero attached hydrogens (tertiary/aromatic N) is 2. The number of anilines is 3. The molecule has 8 nitrogen and oxygen atoms in total. The zero-order valence-corrected chi connectivity index (χ0v) is 14.5. The SMILES string of the molecule is COc1cc(N2CCN(c3c(N)c(=O)c3=O)CC2)cc(OC)c1OC. The summed E-state index contributed by atoms with van der Waals surface area (Å²) in [5.41, 5.74) is 5.95. The summed E-state index contributed by atoms with van der Waals surface area (Å²) in [5.74, 6) is 1.72. The fourth-order valence-corrected chi connectivity index (χ4v) is 3.15. The minimum absolute atomic E-state index is 0.0752. The van der Waals surface area contributed by atoms with Gasteiger partial charge in [-0.3, -0.25) is 9.59 Å². The largest absolute Gasteiger partial charge is 0.493 e. The fourth-order valence-electron chi connectivity index (χ4n) is 3.15. The lowest BCUT2D eigenvalue weighted by Gasteiger charge is -2.38. The molecular weight excluding hydrogens is 326 g/mol. The molecule has 0 aromatic heterocycles. The number of ether oxygens (including phenoxy) is 3. The Balaban J connectivity index is 1.79. The molecule has 0 unspecified atom stereocenters. The molecule has 25 heavy (non-hydrogen) atoms. The van der Waals surface area contributed by atoms with Crippen LogP contribution in [0.1, 0.15) is 0 Å². The second kappa shape index (κ2) is 6.54. The molecular formula is C17H21N3O5. The van der Waals surface area contributed by atoms with Gasteiger partial charge in [-0.1, -0.05) is 0 Å². The van der Waals surface area contributed by atoms with Crippen LogP contribution in [0.25, 0.3) is 0 Å². The highest BCUT2D eigenvalue weighted by molar-refractivity contribution is 5.73. The summed E-state index contributed by atoms with van der Waals surface area (Å²) in [6.07, 6.45) is 0. The normalized spacial score (nSPS) is 14.7. The third kappa shape index (κ3) is 2.73. The van der Waals surface area contributed by atoms with E-state index in [-0.39, 0.29) is 5.69 Å². The highest BCUT2D eigenvalue weighted by Gasteiger charge is 2.27. The number of nitrogen functional groups attached to an aromatic ring is 1. The van der Waals surface area contributed by atoms with E-state index in [9.17, 15) is 9.59 Å². The third-order valence-corrected chi connectivity index (χ3v) is 4.53. The van der Waals surface area contributed by atoms with Crippen molar-refractivity contribution in [1.82, 2.24) is 0 Å². The van der Waals surface area contributed by atoms with Crippen LogP contribution in [-0.2, 0) is 0 Å². The Morgan fingerprint density at radius 3 is 1.80 bits per heavy atom. The fraction of sp³-hybridized carbons (Fsp3) is 0.412. The molecule has 2 aromatic carbocycles. The summed E-state index contributed by atoms with van der Waals surface area (Å²) < 4.78 is 16.1. The molecule has 2 aromatic rings. The Hall–Kier alpha value is -2.90. The average molecular weight is 347 g/mol. The molecule has 0 aliphatic carbocycles. The van der Waals surface area contributed by atoms with E-state index in [0.717, 1.165) is 5.69 Å². The number of benzene rings is 1. The standard InChI is InChI=1S/C17H21N3O5/c1-23-11-8-10(9-12(24-2)17(11)25-3)19-4-6-20(7-5-19)14-13(18)15(21)16(14)22/h8-9H,4-7,18H2,1-3H3. The lowest BCUT2D eigenvalue weighted by Crippen LogP contribution is -2.51. The molecule has 1 aliphatic rings. The summed E-state index contributed by atoms with van der Waals surface area (Å²) in [7, 11) is 4.72. The first-order valence-corrected chi connectivity index (χ1v) is 7.90. The molecule has 134 valence electrons. The maximum atomic E-state index is 11.7. The van der Waals surface area contributed by atoms with Crippen LogP contribution in [0.3, 0.4) is 0 Å². The Labute approximate surface area is 145 Å². The lowest BCUT2D eigenvalue weighted by atomic mass is 10.1. The molecule has 0 radical (unpaired) electrons. The van der Waals surface area contributed by atoms with Gasteiger partial charge in [0.25, 0.3) is 10.9 Å². The van der Waals surface area contributed by atoms with Gasteiger partial charge in [0.2, 0.25) is 5.75 Å². The maximum absolute atomic E-state index is 11.7. The van der Waals surface area contributed by atoms with E-state index in [1.165, 1.54) is 0 Å². The van der Waals surface area contributed by atoms with Crippen molar-refractivity contribution in [2.24, 2.45) is 0 Å². The van der Waals surface area contributed by atoms with Gasteiger partial charge in [0.15, 0.2) is 11.5 Å². The van der Waals surface area contributed by atoms with Crippen LogP contribution in [-0.4, -0.2) is 47.5 Å². The number of hydrogen-bond donors (Lipinski definition) is 1. The molecule has 3 rings (SSSR count). The van der Waals surface area contributed by atoms with E-state index < -0.39 is 10.9 Å². The van der Waals surface area contributed by atoms with Crippen molar-refractivity contribution in [3.63, 3.8) is 0 Å². The predicted octanol–water partition coefficient (Wildman–Crippen LogP) is 0.217. The van der Waals surface area contributed by atoms with E-state index >= 15 is 0 Å². The summed E-state index contributed by atoms with van der Waals surface area (Å²) >= 11 is 0. The molecule has 8 heteroatoms. The third-order valence-electron chi connectivity index (χ3n) is 4.53. The first-order valence-electron chi connectivity index (χ1n) is 7.90. The topological polar surface area (TPSA) is 94.3 Å². The molecule has 0 amide bonds. The van der Waals surface area contributed by atoms with E-state index in [4.69, 9.17) is 19.9 Å². The molecule has 1 fully saturated rings. The van der Waals surface area contributed by atoms with E-state index in [2.05, 4.69) is 4.90 Å². The van der Waals surface area contributed by atoms with Crippen LogP contribution in [0.4, 0.5) is 17.1 Å². The minimum Gasteiger partial charge on any atom is -0.493 e. The second-order valence-corrected chi connectivity index (χ2v) is 5.78. The minimum atomic E-state index is -0.581. The monoisotopic (exact) mass is 347 g/mol. The Kier molecular flexibility index (Phi) is 4.43. The predicted molar refractivity (Wildman–Crippen MR) is 96.3 cm³/mol. The average Bonchev–Trinajstić information content (AvgIpc) is 2.67. The van der Waals surface area contributed by atoms with Crippen molar-refractivity contribution in [1.29, 1.82) is 0 Å². The van der Waals surface area contributed by atoms with Crippen LogP contribution in [0.15, 0.2) is 21.7 Å². The van der Waals surface area contributed by atoms with Crippen molar-refractivity contribution in [2.45, 2.75) is 0 Å². The maximum Gasteiger partial charge on any atom is 0.253 e.